The predicted octanol–water partition coefficient (Wildman–Crippen LogP) is 2.69. The van der Waals surface area contributed by atoms with E-state index < -0.39 is 10.0 Å². The van der Waals surface area contributed by atoms with Crippen LogP contribution in [0.4, 0.5) is 11.4 Å². The smallest absolute Gasteiger partial charge is 0.265 e. The van der Waals surface area contributed by atoms with Crippen LogP contribution in [-0.2, 0) is 10.0 Å². The predicted molar refractivity (Wildman–Crippen MR) is 88.5 cm³/mol. The summed E-state index contributed by atoms with van der Waals surface area (Å²) in [5.74, 6) is 0.129. The molecule has 2 aromatic rings. The highest BCUT2D eigenvalue weighted by Gasteiger charge is 2.12. The highest BCUT2D eigenvalue weighted by atomic mass is 32.2. The van der Waals surface area contributed by atoms with Gasteiger partial charge in [-0.2, -0.15) is 0 Å². The highest BCUT2D eigenvalue weighted by molar-refractivity contribution is 7.92. The molecule has 0 bridgehead atoms. The van der Waals surface area contributed by atoms with Crippen molar-refractivity contribution in [2.45, 2.75) is 6.92 Å². The van der Waals surface area contributed by atoms with Gasteiger partial charge in [0.1, 0.15) is 5.75 Å². The van der Waals surface area contributed by atoms with Gasteiger partial charge in [0, 0.05) is 10.6 Å². The molecule has 6 nitrogen and oxygen atoms in total. The maximum atomic E-state index is 12.1. The van der Waals surface area contributed by atoms with E-state index in [-0.39, 0.29) is 11.6 Å². The van der Waals surface area contributed by atoms with Crippen LogP contribution in [0.3, 0.4) is 0 Å². The molecule has 118 valence electrons. The second-order valence-corrected chi connectivity index (χ2v) is 7.69. The van der Waals surface area contributed by atoms with Crippen LogP contribution in [0.2, 0.25) is 0 Å². The lowest BCUT2D eigenvalue weighted by Crippen LogP contribution is -2.13. The van der Waals surface area contributed by atoms with Gasteiger partial charge in [-0.25, -0.2) is 8.42 Å². The zero-order valence-electron chi connectivity index (χ0n) is 12.3. The highest BCUT2D eigenvalue weighted by Crippen LogP contribution is 2.29. The molecule has 0 fully saturated rings. The topological polar surface area (TPSA) is 84.5 Å². The monoisotopic (exact) mass is 340 g/mol. The molecule has 0 saturated carbocycles. The molecule has 2 N–H and O–H groups in total. The van der Waals surface area contributed by atoms with Gasteiger partial charge in [0.25, 0.3) is 5.91 Å². The maximum absolute atomic E-state index is 12.1. The van der Waals surface area contributed by atoms with Crippen molar-refractivity contribution in [2.24, 2.45) is 0 Å². The van der Waals surface area contributed by atoms with Crippen LogP contribution in [0, 0.1) is 6.92 Å². The number of sulfonamides is 1. The van der Waals surface area contributed by atoms with Crippen LogP contribution in [0.25, 0.3) is 0 Å². The molecule has 8 heteroatoms. The maximum Gasteiger partial charge on any atom is 0.265 e. The number of methoxy groups -OCH3 is 1. The first-order valence-electron chi connectivity index (χ1n) is 6.32. The Hall–Kier alpha value is -2.06. The second kappa shape index (κ2) is 6.37. The van der Waals surface area contributed by atoms with Crippen LogP contribution >= 0.6 is 11.3 Å². The van der Waals surface area contributed by atoms with E-state index in [0.717, 1.165) is 11.1 Å². The number of ether oxygens (including phenoxy) is 1. The van der Waals surface area contributed by atoms with Crippen molar-refractivity contribution in [1.29, 1.82) is 0 Å². The Kier molecular flexibility index (Phi) is 4.72. The Morgan fingerprint density at radius 3 is 2.50 bits per heavy atom. The molecule has 0 radical (unpaired) electrons. The van der Waals surface area contributed by atoms with Crippen molar-refractivity contribution in [3.63, 3.8) is 0 Å². The average Bonchev–Trinajstić information content (AvgIpc) is 2.84. The molecule has 0 aliphatic rings. The summed E-state index contributed by atoms with van der Waals surface area (Å²) >= 11 is 1.39. The lowest BCUT2D eigenvalue weighted by Gasteiger charge is -2.12. The lowest BCUT2D eigenvalue weighted by molar-refractivity contribution is 0.103. The number of anilines is 2. The fourth-order valence-electron chi connectivity index (χ4n) is 1.81. The van der Waals surface area contributed by atoms with Gasteiger partial charge >= 0.3 is 0 Å². The zero-order chi connectivity index (χ0) is 16.3. The molecule has 1 aromatic carbocycles. The summed E-state index contributed by atoms with van der Waals surface area (Å²) in [6.45, 7) is 1.92. The number of nitrogens with one attached hydrogen (secondary N) is 2. The zero-order valence-corrected chi connectivity index (χ0v) is 14.0. The molecule has 1 heterocycles. The molecule has 0 spiro atoms. The van der Waals surface area contributed by atoms with Crippen LogP contribution in [0.15, 0.2) is 30.3 Å². The van der Waals surface area contributed by atoms with Gasteiger partial charge in [-0.15, -0.1) is 11.3 Å². The van der Waals surface area contributed by atoms with E-state index in [4.69, 9.17) is 4.74 Å². The molecule has 1 amide bonds. The summed E-state index contributed by atoms with van der Waals surface area (Å²) in [5, 5.41) is 2.73. The minimum Gasteiger partial charge on any atom is -0.495 e. The Labute approximate surface area is 133 Å². The SMILES string of the molecule is COc1ccc(NC(=O)c2ccc(C)s2)cc1NS(C)(=O)=O. The molecule has 0 aliphatic heterocycles. The average molecular weight is 340 g/mol. The number of aryl methyl sites for hydroxylation is 1. The molecule has 0 atom stereocenters. The molecular weight excluding hydrogens is 324 g/mol. The van der Waals surface area contributed by atoms with E-state index in [1.54, 1.807) is 18.2 Å². The summed E-state index contributed by atoms with van der Waals surface area (Å²) in [6.07, 6.45) is 1.05. The Morgan fingerprint density at radius 2 is 1.95 bits per heavy atom. The van der Waals surface area contributed by atoms with Crippen molar-refractivity contribution >= 4 is 38.6 Å². The Balaban J connectivity index is 2.25. The van der Waals surface area contributed by atoms with Crippen LogP contribution in [-0.4, -0.2) is 27.7 Å². The number of hydrogen-bond acceptors (Lipinski definition) is 5. The fourth-order valence-corrected chi connectivity index (χ4v) is 3.14. The molecular formula is C14H16N2O4S2. The van der Waals surface area contributed by atoms with Gasteiger partial charge in [-0.05, 0) is 37.3 Å². The van der Waals surface area contributed by atoms with E-state index in [0.29, 0.717) is 16.3 Å². The van der Waals surface area contributed by atoms with Gasteiger partial charge in [-0.3, -0.25) is 9.52 Å². The third-order valence-corrected chi connectivity index (χ3v) is 4.31. The summed E-state index contributed by atoms with van der Waals surface area (Å²) in [6, 6.07) is 8.35. The van der Waals surface area contributed by atoms with Crippen molar-refractivity contribution in [2.75, 3.05) is 23.4 Å². The van der Waals surface area contributed by atoms with Crippen molar-refractivity contribution in [3.8, 4) is 5.75 Å². The first-order valence-corrected chi connectivity index (χ1v) is 9.03. The summed E-state index contributed by atoms with van der Waals surface area (Å²) in [4.78, 5) is 13.7. The van der Waals surface area contributed by atoms with Gasteiger partial charge in [0.15, 0.2) is 0 Å². The molecule has 0 saturated heterocycles. The number of carbonyl (C=O) groups excluding carboxylic acids is 1. The first kappa shape index (κ1) is 16.3. The first-order chi connectivity index (χ1) is 10.3. The van der Waals surface area contributed by atoms with Crippen LogP contribution < -0.4 is 14.8 Å². The third kappa shape index (κ3) is 4.22. The fraction of sp³-hybridized carbons (Fsp3) is 0.214. The van der Waals surface area contributed by atoms with Gasteiger partial charge in [0.2, 0.25) is 10.0 Å². The lowest BCUT2D eigenvalue weighted by atomic mass is 10.2. The van der Waals surface area contributed by atoms with Gasteiger partial charge in [-0.1, -0.05) is 0 Å². The third-order valence-electron chi connectivity index (χ3n) is 2.72. The summed E-state index contributed by atoms with van der Waals surface area (Å²) in [7, 11) is -2.00. The standard InChI is InChI=1S/C14H16N2O4S2/c1-9-4-7-13(21-9)14(17)15-10-5-6-12(20-2)11(8-10)16-22(3,18)19/h4-8,16H,1-3H3,(H,15,17). The molecule has 22 heavy (non-hydrogen) atoms. The quantitative estimate of drug-likeness (QED) is 0.876. The minimum atomic E-state index is -3.44. The second-order valence-electron chi connectivity index (χ2n) is 4.65. The normalized spacial score (nSPS) is 11.0. The van der Waals surface area contributed by atoms with Crippen molar-refractivity contribution in [1.82, 2.24) is 0 Å². The molecule has 0 unspecified atom stereocenters. The van der Waals surface area contributed by atoms with Gasteiger partial charge < -0.3 is 10.1 Å². The Morgan fingerprint density at radius 1 is 1.23 bits per heavy atom. The summed E-state index contributed by atoms with van der Waals surface area (Å²) in [5.41, 5.74) is 0.744. The van der Waals surface area contributed by atoms with E-state index in [1.165, 1.54) is 24.5 Å². The number of benzene rings is 1. The number of carbonyl (C=O) groups is 1. The van der Waals surface area contributed by atoms with E-state index in [2.05, 4.69) is 10.0 Å². The van der Waals surface area contributed by atoms with Gasteiger partial charge in [0.05, 0.1) is 23.9 Å². The van der Waals surface area contributed by atoms with E-state index >= 15 is 0 Å². The molecule has 2 rings (SSSR count). The van der Waals surface area contributed by atoms with E-state index in [9.17, 15) is 13.2 Å². The van der Waals surface area contributed by atoms with Crippen molar-refractivity contribution in [3.05, 3.63) is 40.1 Å². The van der Waals surface area contributed by atoms with E-state index in [1.807, 2.05) is 13.0 Å². The number of rotatable bonds is 5. The number of hydrogen-bond donors (Lipinski definition) is 2. The Bertz CT molecular complexity index is 797. The molecule has 1 aromatic heterocycles. The number of amides is 1. The van der Waals surface area contributed by atoms with Crippen LogP contribution in [0.5, 0.6) is 5.75 Å². The number of thiophene rings is 1. The molecule has 0 aliphatic carbocycles. The summed E-state index contributed by atoms with van der Waals surface area (Å²) < 4.78 is 30.2. The largest absolute Gasteiger partial charge is 0.495 e. The van der Waals surface area contributed by atoms with Crippen molar-refractivity contribution < 1.29 is 17.9 Å². The van der Waals surface area contributed by atoms with Crippen LogP contribution in [0.1, 0.15) is 14.5 Å². The minimum absolute atomic E-state index is 0.242.